The van der Waals surface area contributed by atoms with Crippen LogP contribution >= 0.6 is 34.5 Å². The predicted molar refractivity (Wildman–Crippen MR) is 68.5 cm³/mol. The first-order valence-electron chi connectivity index (χ1n) is 4.70. The summed E-state index contributed by atoms with van der Waals surface area (Å²) in [5.41, 5.74) is 3.75. The van der Waals surface area contributed by atoms with Gasteiger partial charge in [0.05, 0.1) is 8.67 Å². The van der Waals surface area contributed by atoms with Crippen LogP contribution in [0.4, 0.5) is 0 Å². The highest BCUT2D eigenvalue weighted by atomic mass is 35.5. The maximum atomic E-state index is 6.05. The van der Waals surface area contributed by atoms with Crippen molar-refractivity contribution >= 4 is 34.5 Å². The van der Waals surface area contributed by atoms with E-state index in [4.69, 9.17) is 29.0 Å². The van der Waals surface area contributed by atoms with E-state index in [0.29, 0.717) is 8.67 Å². The Bertz CT molecular complexity index is 325. The number of hydrogen-bond donors (Lipinski definition) is 2. The summed E-state index contributed by atoms with van der Waals surface area (Å²) in [6.07, 6.45) is 4.83. The molecular formula is C10H14Cl2N2S. The quantitative estimate of drug-likeness (QED) is 0.354. The lowest BCUT2D eigenvalue weighted by Crippen LogP contribution is -2.27. The summed E-state index contributed by atoms with van der Waals surface area (Å²) < 4.78 is 1.40. The third-order valence-electron chi connectivity index (χ3n) is 2.16. The molecule has 15 heavy (non-hydrogen) atoms. The van der Waals surface area contributed by atoms with Gasteiger partial charge in [0.25, 0.3) is 0 Å². The van der Waals surface area contributed by atoms with Crippen molar-refractivity contribution in [2.45, 2.75) is 25.3 Å². The topological polar surface area (TPSA) is 38.0 Å². The summed E-state index contributed by atoms with van der Waals surface area (Å²) in [4.78, 5) is 0. The van der Waals surface area contributed by atoms with Gasteiger partial charge in [-0.25, -0.2) is 0 Å². The molecule has 0 aliphatic carbocycles. The monoisotopic (exact) mass is 264 g/mol. The van der Waals surface area contributed by atoms with E-state index in [9.17, 15) is 0 Å². The summed E-state index contributed by atoms with van der Waals surface area (Å²) in [5, 5.41) is 0. The third kappa shape index (κ3) is 3.78. The summed E-state index contributed by atoms with van der Waals surface area (Å²) in [6, 6.07) is 1.94. The van der Waals surface area contributed by atoms with Crippen LogP contribution in [0.2, 0.25) is 8.67 Å². The molecule has 0 fully saturated rings. The maximum Gasteiger partial charge on any atom is 0.0992 e. The van der Waals surface area contributed by atoms with E-state index in [1.165, 1.54) is 11.3 Å². The third-order valence-corrected chi connectivity index (χ3v) is 3.68. The molecule has 0 saturated heterocycles. The van der Waals surface area contributed by atoms with Gasteiger partial charge >= 0.3 is 0 Å². The van der Waals surface area contributed by atoms with Gasteiger partial charge in [0.2, 0.25) is 0 Å². The Hall–Kier alpha value is -0.0600. The molecule has 0 aliphatic rings. The molecule has 84 valence electrons. The van der Waals surface area contributed by atoms with Crippen LogP contribution in [-0.2, 0) is 0 Å². The normalized spacial score (nSPS) is 12.7. The number of allylic oxidation sites excluding steroid dienone is 1. The van der Waals surface area contributed by atoms with Crippen molar-refractivity contribution in [2.24, 2.45) is 5.84 Å². The molecule has 3 N–H and O–H groups in total. The molecule has 0 bridgehead atoms. The fourth-order valence-corrected chi connectivity index (χ4v) is 2.96. The molecular weight excluding hydrogens is 251 g/mol. The highest BCUT2D eigenvalue weighted by Crippen LogP contribution is 2.36. The molecule has 1 heterocycles. The number of thiophene rings is 1. The van der Waals surface area contributed by atoms with Crippen LogP contribution in [0.25, 0.3) is 0 Å². The Morgan fingerprint density at radius 3 is 2.80 bits per heavy atom. The zero-order valence-corrected chi connectivity index (χ0v) is 10.6. The van der Waals surface area contributed by atoms with Crippen LogP contribution in [0.3, 0.4) is 0 Å². The van der Waals surface area contributed by atoms with Gasteiger partial charge in [0.15, 0.2) is 0 Å². The number of halogens is 2. The second-order valence-electron chi connectivity index (χ2n) is 3.22. The van der Waals surface area contributed by atoms with E-state index < -0.39 is 0 Å². The SMILES string of the molecule is C=CCCCC(NN)c1cc(Cl)sc1Cl. The minimum Gasteiger partial charge on any atom is -0.271 e. The Morgan fingerprint density at radius 2 is 2.33 bits per heavy atom. The van der Waals surface area contributed by atoms with Gasteiger partial charge in [0, 0.05) is 11.6 Å². The van der Waals surface area contributed by atoms with E-state index in [0.717, 1.165) is 24.8 Å². The molecule has 5 heteroatoms. The predicted octanol–water partition coefficient (Wildman–Crippen LogP) is 3.92. The van der Waals surface area contributed by atoms with Crippen LogP contribution in [-0.4, -0.2) is 0 Å². The first-order valence-corrected chi connectivity index (χ1v) is 6.28. The summed E-state index contributed by atoms with van der Waals surface area (Å²) in [5.74, 6) is 5.49. The fourth-order valence-electron chi connectivity index (χ4n) is 1.39. The van der Waals surface area contributed by atoms with Gasteiger partial charge in [-0.15, -0.1) is 17.9 Å². The lowest BCUT2D eigenvalue weighted by molar-refractivity contribution is 0.502. The minimum atomic E-state index is 0.0706. The van der Waals surface area contributed by atoms with Crippen LogP contribution in [0, 0.1) is 0 Å². The van der Waals surface area contributed by atoms with Crippen molar-refractivity contribution in [3.05, 3.63) is 33.0 Å². The first kappa shape index (κ1) is 13.0. The Morgan fingerprint density at radius 1 is 1.60 bits per heavy atom. The molecule has 0 amide bonds. The van der Waals surface area contributed by atoms with E-state index >= 15 is 0 Å². The van der Waals surface area contributed by atoms with Gasteiger partial charge in [-0.2, -0.15) is 0 Å². The highest BCUT2D eigenvalue weighted by molar-refractivity contribution is 7.20. The molecule has 0 aliphatic heterocycles. The van der Waals surface area contributed by atoms with Crippen molar-refractivity contribution < 1.29 is 0 Å². The second kappa shape index (κ2) is 6.51. The molecule has 0 radical (unpaired) electrons. The maximum absolute atomic E-state index is 6.05. The largest absolute Gasteiger partial charge is 0.271 e. The van der Waals surface area contributed by atoms with Crippen LogP contribution in [0.1, 0.15) is 30.9 Å². The average Bonchev–Trinajstić information content (AvgIpc) is 2.53. The second-order valence-corrected chi connectivity index (χ2v) is 5.50. The van der Waals surface area contributed by atoms with Gasteiger partial charge < -0.3 is 0 Å². The van der Waals surface area contributed by atoms with E-state index in [2.05, 4.69) is 12.0 Å². The highest BCUT2D eigenvalue weighted by Gasteiger charge is 2.15. The summed E-state index contributed by atoms with van der Waals surface area (Å²) in [7, 11) is 0. The molecule has 1 unspecified atom stereocenters. The van der Waals surface area contributed by atoms with Crippen LogP contribution in [0.5, 0.6) is 0 Å². The van der Waals surface area contributed by atoms with E-state index in [1.807, 2.05) is 12.1 Å². The molecule has 0 aromatic carbocycles. The summed E-state index contributed by atoms with van der Waals surface area (Å²) >= 11 is 13.3. The summed E-state index contributed by atoms with van der Waals surface area (Å²) in [6.45, 7) is 3.68. The van der Waals surface area contributed by atoms with Crippen molar-refractivity contribution in [3.8, 4) is 0 Å². The van der Waals surface area contributed by atoms with Crippen LogP contribution in [0.15, 0.2) is 18.7 Å². The first-order chi connectivity index (χ1) is 7.19. The van der Waals surface area contributed by atoms with Gasteiger partial charge in [-0.3, -0.25) is 11.3 Å². The standard InChI is InChI=1S/C10H14Cl2N2S/c1-2-3-4-5-8(14-13)7-6-9(11)15-10(7)12/h2,6,8,14H,1,3-5,13H2. The zero-order chi connectivity index (χ0) is 11.3. The molecule has 1 rings (SSSR count). The van der Waals surface area contributed by atoms with Crippen LogP contribution < -0.4 is 11.3 Å². The van der Waals surface area contributed by atoms with Crippen molar-refractivity contribution in [2.75, 3.05) is 0 Å². The van der Waals surface area contributed by atoms with Crippen molar-refractivity contribution in [3.63, 3.8) is 0 Å². The number of unbranched alkanes of at least 4 members (excludes halogenated alkanes) is 1. The Kier molecular flexibility index (Phi) is 5.64. The molecule has 1 aromatic heterocycles. The zero-order valence-electron chi connectivity index (χ0n) is 8.30. The number of nitrogens with one attached hydrogen (secondary N) is 1. The molecule has 0 spiro atoms. The lowest BCUT2D eigenvalue weighted by atomic mass is 10.0. The van der Waals surface area contributed by atoms with Crippen molar-refractivity contribution in [1.82, 2.24) is 5.43 Å². The van der Waals surface area contributed by atoms with Gasteiger partial charge in [0.1, 0.15) is 0 Å². The smallest absolute Gasteiger partial charge is 0.0992 e. The molecule has 0 saturated carbocycles. The van der Waals surface area contributed by atoms with E-state index in [1.54, 1.807) is 0 Å². The Labute approximate surface area is 104 Å². The average molecular weight is 265 g/mol. The molecule has 1 aromatic rings. The fraction of sp³-hybridized carbons (Fsp3) is 0.400. The van der Waals surface area contributed by atoms with E-state index in [-0.39, 0.29) is 6.04 Å². The van der Waals surface area contributed by atoms with Gasteiger partial charge in [-0.1, -0.05) is 29.3 Å². The lowest BCUT2D eigenvalue weighted by Gasteiger charge is -2.14. The number of hydrazine groups is 1. The van der Waals surface area contributed by atoms with Crippen molar-refractivity contribution in [1.29, 1.82) is 0 Å². The number of nitrogens with two attached hydrogens (primary N) is 1. The number of hydrogen-bond acceptors (Lipinski definition) is 3. The minimum absolute atomic E-state index is 0.0706. The molecule has 1 atom stereocenters. The number of rotatable bonds is 6. The Balaban J connectivity index is 2.65. The molecule has 2 nitrogen and oxygen atoms in total. The van der Waals surface area contributed by atoms with Gasteiger partial charge in [-0.05, 0) is 25.3 Å².